The van der Waals surface area contributed by atoms with E-state index in [0.29, 0.717) is 19.8 Å². The highest BCUT2D eigenvalue weighted by molar-refractivity contribution is 7.53. The number of rotatable bonds is 7. The van der Waals surface area contributed by atoms with Crippen LogP contribution in [0.25, 0.3) is 0 Å². The minimum Gasteiger partial charge on any atom is -0.368 e. The van der Waals surface area contributed by atoms with Crippen LogP contribution in [0.3, 0.4) is 0 Å². The molecule has 15 heavy (non-hydrogen) atoms. The van der Waals surface area contributed by atoms with Crippen LogP contribution in [0.2, 0.25) is 0 Å². The smallest absolute Gasteiger partial charge is 0.356 e. The third-order valence-corrected chi connectivity index (χ3v) is 3.24. The fraction of sp³-hybridized carbons (Fsp3) is 1.00. The first-order valence-electron chi connectivity index (χ1n) is 5.29. The Labute approximate surface area is 92.8 Å². The Kier molecular flexibility index (Phi) is 6.69. The minimum atomic E-state index is -3.03. The molecular weight excluding hydrogens is 215 g/mol. The van der Waals surface area contributed by atoms with E-state index in [0.717, 1.165) is 0 Å². The molecule has 0 saturated carbocycles. The predicted octanol–water partition coefficient (Wildman–Crippen LogP) is 3.27. The van der Waals surface area contributed by atoms with E-state index in [4.69, 9.17) is 13.8 Å². The molecule has 0 amide bonds. The highest BCUT2D eigenvalue weighted by Gasteiger charge is 2.24. The summed E-state index contributed by atoms with van der Waals surface area (Å²) < 4.78 is 27.5. The Balaban J connectivity index is 4.02. The molecule has 0 aliphatic carbocycles. The third kappa shape index (κ3) is 7.97. The van der Waals surface area contributed by atoms with Crippen LogP contribution < -0.4 is 0 Å². The number of ether oxygens (including phenoxy) is 1. The lowest BCUT2D eigenvalue weighted by molar-refractivity contribution is 0.0813. The summed E-state index contributed by atoms with van der Waals surface area (Å²) in [5.74, 6) is 0. The van der Waals surface area contributed by atoms with Crippen molar-refractivity contribution in [1.29, 1.82) is 0 Å². The van der Waals surface area contributed by atoms with Crippen molar-refractivity contribution in [3.05, 3.63) is 0 Å². The lowest BCUT2D eigenvalue weighted by Crippen LogP contribution is -2.16. The van der Waals surface area contributed by atoms with Gasteiger partial charge in [0.2, 0.25) is 0 Å². The molecule has 0 spiro atoms. The van der Waals surface area contributed by atoms with Gasteiger partial charge in [0, 0.05) is 0 Å². The molecule has 0 rings (SSSR count). The van der Waals surface area contributed by atoms with Gasteiger partial charge in [0.15, 0.2) is 0 Å². The van der Waals surface area contributed by atoms with Gasteiger partial charge < -0.3 is 13.8 Å². The Morgan fingerprint density at radius 1 is 1.07 bits per heavy atom. The van der Waals surface area contributed by atoms with Crippen LogP contribution in [0.1, 0.15) is 34.6 Å². The van der Waals surface area contributed by atoms with Gasteiger partial charge in [0.05, 0.1) is 19.8 Å². The van der Waals surface area contributed by atoms with Crippen LogP contribution >= 0.6 is 7.60 Å². The fourth-order valence-electron chi connectivity index (χ4n) is 0.969. The Hall–Kier alpha value is 0.110. The minimum absolute atomic E-state index is 0.0337. The van der Waals surface area contributed by atoms with Crippen molar-refractivity contribution in [1.82, 2.24) is 0 Å². The first kappa shape index (κ1) is 15.1. The summed E-state index contributed by atoms with van der Waals surface area (Å²) in [7, 11) is -3.03. The average Bonchev–Trinajstić information content (AvgIpc) is 2.01. The summed E-state index contributed by atoms with van der Waals surface area (Å²) in [6.45, 7) is 11.0. The lowest BCUT2D eigenvalue weighted by atomic mass is 9.99. The standard InChI is InChI=1S/C10H23O4P/c1-6-13-15(11,14-7-2)9-12-8-10(3,4)5/h6-9H2,1-5H3. The molecule has 0 radical (unpaired) electrons. The van der Waals surface area contributed by atoms with Gasteiger partial charge in [0.25, 0.3) is 0 Å². The monoisotopic (exact) mass is 238 g/mol. The Morgan fingerprint density at radius 3 is 1.87 bits per heavy atom. The molecule has 0 aromatic rings. The predicted molar refractivity (Wildman–Crippen MR) is 61.1 cm³/mol. The zero-order valence-corrected chi connectivity index (χ0v) is 11.3. The van der Waals surface area contributed by atoms with Crippen molar-refractivity contribution < 1.29 is 18.3 Å². The second-order valence-electron chi connectivity index (χ2n) is 4.48. The van der Waals surface area contributed by atoms with Gasteiger partial charge in [-0.2, -0.15) is 0 Å². The molecule has 0 aromatic carbocycles. The first-order chi connectivity index (χ1) is 6.83. The van der Waals surface area contributed by atoms with Crippen molar-refractivity contribution in [3.8, 4) is 0 Å². The zero-order chi connectivity index (χ0) is 11.9. The summed E-state index contributed by atoms with van der Waals surface area (Å²) in [4.78, 5) is 0. The van der Waals surface area contributed by atoms with E-state index in [2.05, 4.69) is 20.8 Å². The quantitative estimate of drug-likeness (QED) is 0.638. The molecule has 0 bridgehead atoms. The van der Waals surface area contributed by atoms with E-state index in [1.54, 1.807) is 13.8 Å². The van der Waals surface area contributed by atoms with E-state index >= 15 is 0 Å². The highest BCUT2D eigenvalue weighted by atomic mass is 31.2. The molecule has 0 saturated heterocycles. The number of hydrogen-bond acceptors (Lipinski definition) is 4. The van der Waals surface area contributed by atoms with Crippen LogP contribution in [-0.4, -0.2) is 26.2 Å². The van der Waals surface area contributed by atoms with Crippen LogP contribution in [0.15, 0.2) is 0 Å². The molecule has 4 nitrogen and oxygen atoms in total. The van der Waals surface area contributed by atoms with Crippen LogP contribution in [0, 0.1) is 5.41 Å². The van der Waals surface area contributed by atoms with Crippen LogP contribution in [0.5, 0.6) is 0 Å². The second kappa shape index (κ2) is 6.64. The Bertz CT molecular complexity index is 200. The molecule has 0 aromatic heterocycles. The topological polar surface area (TPSA) is 44.8 Å². The van der Waals surface area contributed by atoms with Gasteiger partial charge in [-0.3, -0.25) is 4.57 Å². The maximum atomic E-state index is 11.9. The third-order valence-electron chi connectivity index (χ3n) is 1.44. The van der Waals surface area contributed by atoms with E-state index in [1.165, 1.54) is 0 Å². The summed E-state index contributed by atoms with van der Waals surface area (Å²) >= 11 is 0. The highest BCUT2D eigenvalue weighted by Crippen LogP contribution is 2.48. The van der Waals surface area contributed by atoms with Crippen molar-refractivity contribution in [2.45, 2.75) is 34.6 Å². The van der Waals surface area contributed by atoms with Crippen molar-refractivity contribution in [3.63, 3.8) is 0 Å². The van der Waals surface area contributed by atoms with E-state index in [9.17, 15) is 4.57 Å². The first-order valence-corrected chi connectivity index (χ1v) is 7.01. The maximum absolute atomic E-state index is 11.9. The molecule has 92 valence electrons. The van der Waals surface area contributed by atoms with Gasteiger partial charge in [-0.1, -0.05) is 20.8 Å². The molecule has 0 aliphatic heterocycles. The van der Waals surface area contributed by atoms with Gasteiger partial charge in [-0.05, 0) is 19.3 Å². The van der Waals surface area contributed by atoms with Crippen molar-refractivity contribution >= 4 is 7.60 Å². The average molecular weight is 238 g/mol. The molecule has 5 heteroatoms. The summed E-state index contributed by atoms with van der Waals surface area (Å²) in [5.41, 5.74) is 0.0588. The van der Waals surface area contributed by atoms with E-state index < -0.39 is 7.60 Å². The van der Waals surface area contributed by atoms with Gasteiger partial charge in [-0.15, -0.1) is 0 Å². The van der Waals surface area contributed by atoms with E-state index in [-0.39, 0.29) is 11.8 Å². The summed E-state index contributed by atoms with van der Waals surface area (Å²) in [5, 5.41) is 0. The SMILES string of the molecule is CCOP(=O)(COCC(C)(C)C)OCC. The van der Waals surface area contributed by atoms with Gasteiger partial charge in [-0.25, -0.2) is 0 Å². The van der Waals surface area contributed by atoms with Crippen molar-refractivity contribution in [2.75, 3.05) is 26.2 Å². The molecule has 0 N–H and O–H groups in total. The van der Waals surface area contributed by atoms with Crippen molar-refractivity contribution in [2.24, 2.45) is 5.41 Å². The van der Waals surface area contributed by atoms with Crippen LogP contribution in [-0.2, 0) is 18.3 Å². The zero-order valence-electron chi connectivity index (χ0n) is 10.4. The maximum Gasteiger partial charge on any atom is 0.356 e. The molecule has 0 aliphatic rings. The molecule has 0 atom stereocenters. The largest absolute Gasteiger partial charge is 0.368 e. The lowest BCUT2D eigenvalue weighted by Gasteiger charge is -2.21. The number of hydrogen-bond donors (Lipinski definition) is 0. The van der Waals surface area contributed by atoms with Gasteiger partial charge >= 0.3 is 7.60 Å². The molecule has 0 heterocycles. The fourth-order valence-corrected chi connectivity index (χ4v) is 2.29. The Morgan fingerprint density at radius 2 is 1.53 bits per heavy atom. The molecule has 0 unspecified atom stereocenters. The van der Waals surface area contributed by atoms with Crippen LogP contribution in [0.4, 0.5) is 0 Å². The van der Waals surface area contributed by atoms with Gasteiger partial charge in [0.1, 0.15) is 6.35 Å². The van der Waals surface area contributed by atoms with E-state index in [1.807, 2.05) is 0 Å². The molecule has 0 fully saturated rings. The summed E-state index contributed by atoms with van der Waals surface area (Å²) in [6.07, 6.45) is 0.0337. The summed E-state index contributed by atoms with van der Waals surface area (Å²) in [6, 6.07) is 0. The second-order valence-corrected chi connectivity index (χ2v) is 6.48. The normalized spacial score (nSPS) is 13.1. The molecular formula is C10H23O4P.